The number of primary amides is 1. The Bertz CT molecular complexity index is 667. The fourth-order valence-corrected chi connectivity index (χ4v) is 1.82. The van der Waals surface area contributed by atoms with Crippen LogP contribution in [0, 0.1) is 5.82 Å². The number of ether oxygens (including phenoxy) is 1. The number of nitrogens with zero attached hydrogens (tertiary/aromatic N) is 1. The zero-order chi connectivity index (χ0) is 15.9. The molecule has 5 nitrogen and oxygen atoms in total. The first-order valence-corrected chi connectivity index (χ1v) is 6.74. The van der Waals surface area contributed by atoms with Crippen molar-refractivity contribution in [3.05, 3.63) is 59.9 Å². The van der Waals surface area contributed by atoms with Crippen molar-refractivity contribution in [2.75, 3.05) is 0 Å². The molecule has 2 aromatic carbocycles. The minimum atomic E-state index is -0.706. The van der Waals surface area contributed by atoms with Crippen molar-refractivity contribution in [1.29, 1.82) is 0 Å². The molecule has 2 aromatic rings. The molecule has 0 atom stereocenters. The molecule has 0 saturated carbocycles. The average molecular weight is 301 g/mol. The molecule has 0 aliphatic heterocycles. The van der Waals surface area contributed by atoms with Crippen molar-refractivity contribution in [1.82, 2.24) is 5.43 Å². The highest BCUT2D eigenvalue weighted by Gasteiger charge is 2.04. The molecule has 0 radical (unpaired) electrons. The molecule has 2 rings (SSSR count). The number of halogens is 1. The highest BCUT2D eigenvalue weighted by atomic mass is 19.1. The maximum atomic E-state index is 12.8. The Hall–Kier alpha value is -2.89. The van der Waals surface area contributed by atoms with Crippen molar-refractivity contribution in [2.24, 2.45) is 10.8 Å². The van der Waals surface area contributed by atoms with E-state index in [0.717, 1.165) is 5.56 Å². The van der Waals surface area contributed by atoms with Crippen LogP contribution in [-0.2, 0) is 0 Å². The highest BCUT2D eigenvalue weighted by molar-refractivity contribution is 6.00. The lowest BCUT2D eigenvalue weighted by molar-refractivity contribution is 0.249. The predicted molar refractivity (Wildman–Crippen MR) is 82.5 cm³/mol. The van der Waals surface area contributed by atoms with Crippen molar-refractivity contribution in [3.8, 4) is 11.5 Å². The van der Waals surface area contributed by atoms with Gasteiger partial charge in [0.1, 0.15) is 17.3 Å². The van der Waals surface area contributed by atoms with E-state index in [1.165, 1.54) is 12.1 Å². The SMILES string of the molecule is CC/C(=N\NC(N)=O)c1ccc(Oc2ccc(F)cc2)cc1. The number of amides is 2. The van der Waals surface area contributed by atoms with Gasteiger partial charge < -0.3 is 10.5 Å². The third-order valence-corrected chi connectivity index (χ3v) is 2.87. The molecule has 3 N–H and O–H groups in total. The number of hydrogen-bond acceptors (Lipinski definition) is 3. The van der Waals surface area contributed by atoms with Crippen molar-refractivity contribution in [3.63, 3.8) is 0 Å². The summed E-state index contributed by atoms with van der Waals surface area (Å²) in [5.74, 6) is 0.857. The lowest BCUT2D eigenvalue weighted by Gasteiger charge is -2.08. The van der Waals surface area contributed by atoms with Gasteiger partial charge in [0.05, 0.1) is 5.71 Å². The molecule has 22 heavy (non-hydrogen) atoms. The smallest absolute Gasteiger partial charge is 0.332 e. The van der Waals surface area contributed by atoms with Crippen LogP contribution in [0.3, 0.4) is 0 Å². The van der Waals surface area contributed by atoms with E-state index in [2.05, 4.69) is 10.5 Å². The molecule has 2 amide bonds. The zero-order valence-electron chi connectivity index (χ0n) is 12.0. The van der Waals surface area contributed by atoms with Crippen molar-refractivity contribution >= 4 is 11.7 Å². The topological polar surface area (TPSA) is 76.7 Å². The number of nitrogens with one attached hydrogen (secondary N) is 1. The minimum absolute atomic E-state index is 0.312. The summed E-state index contributed by atoms with van der Waals surface area (Å²) in [5, 5.41) is 3.94. The van der Waals surface area contributed by atoms with E-state index in [4.69, 9.17) is 10.5 Å². The van der Waals surface area contributed by atoms with E-state index in [9.17, 15) is 9.18 Å². The summed E-state index contributed by atoms with van der Waals surface area (Å²) in [7, 11) is 0. The van der Waals surface area contributed by atoms with Gasteiger partial charge in [-0.15, -0.1) is 0 Å². The molecule has 0 spiro atoms. The maximum Gasteiger partial charge on any atom is 0.332 e. The van der Waals surface area contributed by atoms with Gasteiger partial charge in [0.15, 0.2) is 0 Å². The van der Waals surface area contributed by atoms with Crippen LogP contribution < -0.4 is 15.9 Å². The lowest BCUT2D eigenvalue weighted by atomic mass is 10.1. The fraction of sp³-hybridized carbons (Fsp3) is 0.125. The second-order valence-corrected chi connectivity index (χ2v) is 4.47. The molecule has 114 valence electrons. The molecule has 6 heteroatoms. The quantitative estimate of drug-likeness (QED) is 0.656. The average Bonchev–Trinajstić information content (AvgIpc) is 2.51. The first kappa shape index (κ1) is 15.5. The fourth-order valence-electron chi connectivity index (χ4n) is 1.82. The monoisotopic (exact) mass is 301 g/mol. The number of benzene rings is 2. The Morgan fingerprint density at radius 1 is 1.14 bits per heavy atom. The summed E-state index contributed by atoms with van der Waals surface area (Å²) in [5.41, 5.74) is 8.76. The molecular weight excluding hydrogens is 285 g/mol. The number of nitrogens with two attached hydrogens (primary N) is 1. The second-order valence-electron chi connectivity index (χ2n) is 4.47. The van der Waals surface area contributed by atoms with Gasteiger partial charge in [0.25, 0.3) is 0 Å². The molecule has 0 saturated heterocycles. The van der Waals surface area contributed by atoms with Crippen LogP contribution in [0.25, 0.3) is 0 Å². The Morgan fingerprint density at radius 3 is 2.18 bits per heavy atom. The maximum absolute atomic E-state index is 12.8. The van der Waals surface area contributed by atoms with E-state index in [1.807, 2.05) is 19.1 Å². The number of rotatable bonds is 5. The summed E-state index contributed by atoms with van der Waals surface area (Å²) in [6.45, 7) is 1.92. The molecule has 0 heterocycles. The van der Waals surface area contributed by atoms with Crippen LogP contribution in [0.5, 0.6) is 11.5 Å². The van der Waals surface area contributed by atoms with Gasteiger partial charge in [0, 0.05) is 0 Å². The van der Waals surface area contributed by atoms with Crippen LogP contribution >= 0.6 is 0 Å². The standard InChI is InChI=1S/C16H16FN3O2/c1-2-15(19-20-16(18)21)11-3-7-13(8-4-11)22-14-9-5-12(17)6-10-14/h3-10H,2H2,1H3,(H3,18,20,21)/b19-15+. The van der Waals surface area contributed by atoms with E-state index >= 15 is 0 Å². The van der Waals surface area contributed by atoms with Crippen LogP contribution in [-0.4, -0.2) is 11.7 Å². The number of hydrazone groups is 1. The van der Waals surface area contributed by atoms with Gasteiger partial charge in [-0.25, -0.2) is 14.6 Å². The third-order valence-electron chi connectivity index (χ3n) is 2.87. The Labute approximate surface area is 127 Å². The molecule has 0 aromatic heterocycles. The lowest BCUT2D eigenvalue weighted by Crippen LogP contribution is -2.25. The minimum Gasteiger partial charge on any atom is -0.457 e. The van der Waals surface area contributed by atoms with E-state index in [1.54, 1.807) is 24.3 Å². The normalized spacial score (nSPS) is 11.1. The molecule has 0 bridgehead atoms. The molecule has 0 aliphatic rings. The van der Waals surface area contributed by atoms with Gasteiger partial charge in [-0.2, -0.15) is 5.10 Å². The first-order chi connectivity index (χ1) is 10.6. The number of carbonyl (C=O) groups is 1. The Balaban J connectivity index is 2.10. The zero-order valence-corrected chi connectivity index (χ0v) is 12.0. The van der Waals surface area contributed by atoms with Gasteiger partial charge in [0.2, 0.25) is 0 Å². The summed E-state index contributed by atoms with van der Waals surface area (Å²) in [6.07, 6.45) is 0.637. The molecule has 0 unspecified atom stereocenters. The van der Waals surface area contributed by atoms with Gasteiger partial charge in [-0.1, -0.05) is 6.92 Å². The van der Waals surface area contributed by atoms with Gasteiger partial charge >= 0.3 is 6.03 Å². The number of hydrogen-bond donors (Lipinski definition) is 2. The molecule has 0 aliphatic carbocycles. The highest BCUT2D eigenvalue weighted by Crippen LogP contribution is 2.22. The Kier molecular flexibility index (Phi) is 5.08. The summed E-state index contributed by atoms with van der Waals surface area (Å²) >= 11 is 0. The Morgan fingerprint density at radius 2 is 1.68 bits per heavy atom. The third kappa shape index (κ3) is 4.31. The summed E-state index contributed by atoms with van der Waals surface area (Å²) in [6, 6.07) is 12.3. The number of urea groups is 1. The number of carbonyl (C=O) groups excluding carboxylic acids is 1. The van der Waals surface area contributed by atoms with Gasteiger partial charge in [-0.3, -0.25) is 0 Å². The van der Waals surface area contributed by atoms with Crippen molar-refractivity contribution < 1.29 is 13.9 Å². The summed E-state index contributed by atoms with van der Waals surface area (Å²) in [4.78, 5) is 10.7. The van der Waals surface area contributed by atoms with Crippen LogP contribution in [0.15, 0.2) is 53.6 Å². The second kappa shape index (κ2) is 7.21. The van der Waals surface area contributed by atoms with E-state index < -0.39 is 6.03 Å². The van der Waals surface area contributed by atoms with E-state index in [0.29, 0.717) is 23.6 Å². The molecular formula is C16H16FN3O2. The first-order valence-electron chi connectivity index (χ1n) is 6.74. The van der Waals surface area contributed by atoms with Crippen LogP contribution in [0.4, 0.5) is 9.18 Å². The largest absolute Gasteiger partial charge is 0.457 e. The van der Waals surface area contributed by atoms with Gasteiger partial charge in [-0.05, 0) is 60.5 Å². The van der Waals surface area contributed by atoms with Crippen molar-refractivity contribution in [2.45, 2.75) is 13.3 Å². The summed E-state index contributed by atoms with van der Waals surface area (Å²) < 4.78 is 18.4. The predicted octanol–water partition coefficient (Wildman–Crippen LogP) is 3.40. The van der Waals surface area contributed by atoms with E-state index in [-0.39, 0.29) is 5.82 Å². The van der Waals surface area contributed by atoms with Crippen LogP contribution in [0.1, 0.15) is 18.9 Å². The van der Waals surface area contributed by atoms with Crippen LogP contribution in [0.2, 0.25) is 0 Å². The molecule has 0 fully saturated rings.